The third-order valence-corrected chi connectivity index (χ3v) is 3.81. The number of carbonyl (C=O) groups is 1. The molecule has 0 N–H and O–H groups in total. The molecule has 0 unspecified atom stereocenters. The normalized spacial score (nSPS) is 15.5. The van der Waals surface area contributed by atoms with Crippen LogP contribution in [-0.2, 0) is 4.74 Å². The van der Waals surface area contributed by atoms with E-state index in [1.54, 1.807) is 11.1 Å². The number of nitrogens with zero attached hydrogens (tertiary/aromatic N) is 5. The van der Waals surface area contributed by atoms with Gasteiger partial charge in [0.2, 0.25) is 0 Å². The highest BCUT2D eigenvalue weighted by molar-refractivity contribution is 9.10. The Labute approximate surface area is 130 Å². The summed E-state index contributed by atoms with van der Waals surface area (Å²) in [5.41, 5.74) is 0.822. The lowest BCUT2D eigenvalue weighted by atomic mass is 10.3. The molecule has 112 valence electrons. The highest BCUT2D eigenvalue weighted by Crippen LogP contribution is 2.22. The van der Waals surface area contributed by atoms with Crippen LogP contribution in [0.3, 0.4) is 0 Å². The lowest BCUT2D eigenvalue weighted by Crippen LogP contribution is -2.49. The molecular formula is C13H16BrN5O2. The number of hydrogen-bond acceptors (Lipinski definition) is 5. The summed E-state index contributed by atoms with van der Waals surface area (Å²) in [5, 5.41) is 0. The molecule has 1 fully saturated rings. The van der Waals surface area contributed by atoms with Gasteiger partial charge in [0.25, 0.3) is 0 Å². The Morgan fingerprint density at radius 1 is 1.38 bits per heavy atom. The number of hydrogen-bond donors (Lipinski definition) is 0. The van der Waals surface area contributed by atoms with Crippen molar-refractivity contribution in [3.63, 3.8) is 0 Å². The van der Waals surface area contributed by atoms with Gasteiger partial charge in [-0.15, -0.1) is 0 Å². The van der Waals surface area contributed by atoms with Crippen LogP contribution in [0.15, 0.2) is 23.2 Å². The van der Waals surface area contributed by atoms with Gasteiger partial charge in [-0.25, -0.2) is 14.8 Å². The zero-order chi connectivity index (χ0) is 14.8. The SMILES string of the molecule is CCOC(=O)N1CCN(c2nc(Br)cn3ccnc23)CC1. The van der Waals surface area contributed by atoms with Crippen LogP contribution >= 0.6 is 15.9 Å². The van der Waals surface area contributed by atoms with Gasteiger partial charge in [-0.2, -0.15) is 0 Å². The first-order valence-corrected chi connectivity index (χ1v) is 7.64. The molecule has 8 heteroatoms. The maximum absolute atomic E-state index is 11.7. The molecule has 0 radical (unpaired) electrons. The molecule has 0 atom stereocenters. The number of carbonyl (C=O) groups excluding carboxylic acids is 1. The molecular weight excluding hydrogens is 338 g/mol. The summed E-state index contributed by atoms with van der Waals surface area (Å²) in [6.07, 6.45) is 5.27. The minimum absolute atomic E-state index is 0.245. The molecule has 1 saturated heterocycles. The van der Waals surface area contributed by atoms with Gasteiger partial charge in [0.15, 0.2) is 11.5 Å². The molecule has 1 aliphatic rings. The van der Waals surface area contributed by atoms with E-state index in [2.05, 4.69) is 30.8 Å². The average molecular weight is 354 g/mol. The minimum atomic E-state index is -0.245. The number of aromatic nitrogens is 3. The van der Waals surface area contributed by atoms with Crippen LogP contribution in [0.5, 0.6) is 0 Å². The molecule has 7 nitrogen and oxygen atoms in total. The zero-order valence-corrected chi connectivity index (χ0v) is 13.3. The summed E-state index contributed by atoms with van der Waals surface area (Å²) in [6.45, 7) is 4.89. The van der Waals surface area contributed by atoms with Crippen LogP contribution in [0, 0.1) is 0 Å². The lowest BCUT2D eigenvalue weighted by molar-refractivity contribution is 0.105. The highest BCUT2D eigenvalue weighted by Gasteiger charge is 2.24. The van der Waals surface area contributed by atoms with Crippen molar-refractivity contribution in [1.29, 1.82) is 0 Å². The first-order chi connectivity index (χ1) is 10.2. The second-order valence-corrected chi connectivity index (χ2v) is 5.53. The summed E-state index contributed by atoms with van der Waals surface area (Å²) in [4.78, 5) is 24.5. The van der Waals surface area contributed by atoms with E-state index in [1.165, 1.54) is 0 Å². The van der Waals surface area contributed by atoms with Crippen molar-refractivity contribution < 1.29 is 9.53 Å². The largest absolute Gasteiger partial charge is 0.450 e. The molecule has 21 heavy (non-hydrogen) atoms. The van der Waals surface area contributed by atoms with Crippen LogP contribution in [-0.4, -0.2) is 58.1 Å². The van der Waals surface area contributed by atoms with E-state index in [1.807, 2.05) is 23.7 Å². The first kappa shape index (κ1) is 14.1. The molecule has 3 rings (SSSR count). The fourth-order valence-corrected chi connectivity index (χ4v) is 2.80. The Kier molecular flexibility index (Phi) is 3.96. The number of anilines is 1. The number of fused-ring (bicyclic) bond motifs is 1. The molecule has 0 bridgehead atoms. The van der Waals surface area contributed by atoms with Crippen LogP contribution in [0.1, 0.15) is 6.92 Å². The van der Waals surface area contributed by atoms with E-state index in [4.69, 9.17) is 4.74 Å². The molecule has 0 spiro atoms. The van der Waals surface area contributed by atoms with Gasteiger partial charge in [0.1, 0.15) is 4.60 Å². The number of imidazole rings is 1. The fraction of sp³-hybridized carbons (Fsp3) is 0.462. The zero-order valence-electron chi connectivity index (χ0n) is 11.7. The van der Waals surface area contributed by atoms with Crippen LogP contribution in [0.2, 0.25) is 0 Å². The third kappa shape index (κ3) is 2.80. The van der Waals surface area contributed by atoms with E-state index < -0.39 is 0 Å². The molecule has 0 aliphatic carbocycles. The van der Waals surface area contributed by atoms with Crippen LogP contribution in [0.4, 0.5) is 10.6 Å². The Hall–Kier alpha value is -1.83. The number of ether oxygens (including phenoxy) is 1. The summed E-state index contributed by atoms with van der Waals surface area (Å²) < 4.78 is 7.72. The third-order valence-electron chi connectivity index (χ3n) is 3.43. The summed E-state index contributed by atoms with van der Waals surface area (Å²) >= 11 is 3.42. The van der Waals surface area contributed by atoms with Gasteiger partial charge in [-0.05, 0) is 22.9 Å². The van der Waals surface area contributed by atoms with Gasteiger partial charge in [-0.3, -0.25) is 0 Å². The number of halogens is 1. The van der Waals surface area contributed by atoms with E-state index in [0.717, 1.165) is 16.1 Å². The predicted octanol–water partition coefficient (Wildman–Crippen LogP) is 1.77. The molecule has 2 aromatic heterocycles. The van der Waals surface area contributed by atoms with Crippen LogP contribution in [0.25, 0.3) is 5.65 Å². The van der Waals surface area contributed by atoms with E-state index in [-0.39, 0.29) is 6.09 Å². The van der Waals surface area contributed by atoms with Gasteiger partial charge in [-0.1, -0.05) is 0 Å². The number of rotatable bonds is 2. The predicted molar refractivity (Wildman–Crippen MR) is 81.5 cm³/mol. The topological polar surface area (TPSA) is 63.0 Å². The van der Waals surface area contributed by atoms with E-state index in [9.17, 15) is 4.79 Å². The molecule has 2 aromatic rings. The minimum Gasteiger partial charge on any atom is -0.450 e. The summed E-state index contributed by atoms with van der Waals surface area (Å²) in [6, 6.07) is 0. The van der Waals surface area contributed by atoms with Crippen molar-refractivity contribution in [2.45, 2.75) is 6.92 Å². The van der Waals surface area contributed by atoms with Crippen molar-refractivity contribution in [3.8, 4) is 0 Å². The standard InChI is InChI=1S/C13H16BrN5O2/c1-2-21-13(20)18-7-5-17(6-8-18)12-11-15-3-4-19(11)9-10(14)16-12/h3-4,9H,2,5-8H2,1H3. The van der Waals surface area contributed by atoms with Crippen molar-refractivity contribution in [3.05, 3.63) is 23.2 Å². The van der Waals surface area contributed by atoms with Crippen molar-refractivity contribution in [1.82, 2.24) is 19.3 Å². The van der Waals surface area contributed by atoms with Crippen LogP contribution < -0.4 is 4.90 Å². The van der Waals surface area contributed by atoms with Gasteiger partial charge < -0.3 is 18.9 Å². The Bertz CT molecular complexity index is 651. The monoisotopic (exact) mass is 353 g/mol. The number of amides is 1. The average Bonchev–Trinajstić information content (AvgIpc) is 2.95. The molecule has 0 aromatic carbocycles. The van der Waals surface area contributed by atoms with Crippen molar-refractivity contribution in [2.75, 3.05) is 37.7 Å². The first-order valence-electron chi connectivity index (χ1n) is 6.85. The Morgan fingerprint density at radius 2 is 2.14 bits per heavy atom. The van der Waals surface area contributed by atoms with Crippen molar-refractivity contribution in [2.24, 2.45) is 0 Å². The van der Waals surface area contributed by atoms with Gasteiger partial charge in [0, 0.05) is 44.8 Å². The molecule has 1 amide bonds. The highest BCUT2D eigenvalue weighted by atomic mass is 79.9. The maximum Gasteiger partial charge on any atom is 0.409 e. The van der Waals surface area contributed by atoms with Gasteiger partial charge in [0.05, 0.1) is 6.61 Å². The Balaban J connectivity index is 1.77. The van der Waals surface area contributed by atoms with Gasteiger partial charge >= 0.3 is 6.09 Å². The lowest BCUT2D eigenvalue weighted by Gasteiger charge is -2.34. The Morgan fingerprint density at radius 3 is 2.86 bits per heavy atom. The smallest absolute Gasteiger partial charge is 0.409 e. The molecule has 0 saturated carbocycles. The summed E-state index contributed by atoms with van der Waals surface area (Å²) in [7, 11) is 0. The molecule has 3 heterocycles. The second kappa shape index (κ2) is 5.88. The fourth-order valence-electron chi connectivity index (χ4n) is 2.41. The second-order valence-electron chi connectivity index (χ2n) is 4.72. The van der Waals surface area contributed by atoms with E-state index >= 15 is 0 Å². The maximum atomic E-state index is 11.7. The quantitative estimate of drug-likeness (QED) is 0.823. The molecule has 1 aliphatic heterocycles. The van der Waals surface area contributed by atoms with E-state index in [0.29, 0.717) is 32.8 Å². The number of piperazine rings is 1. The summed E-state index contributed by atoms with van der Waals surface area (Å²) in [5.74, 6) is 0.831. The van der Waals surface area contributed by atoms with Crippen molar-refractivity contribution >= 4 is 33.5 Å².